The molecule has 0 unspecified atom stereocenters. The van der Waals surface area contributed by atoms with E-state index in [1.807, 2.05) is 6.07 Å². The number of anilines is 1. The van der Waals surface area contributed by atoms with E-state index >= 15 is 0 Å². The number of carbonyl (C=O) groups is 1. The van der Waals surface area contributed by atoms with Crippen molar-refractivity contribution in [2.75, 3.05) is 11.9 Å². The molecular formula is C20H25N3O. The lowest BCUT2D eigenvalue weighted by Gasteiger charge is -2.11. The molecule has 0 spiro atoms. The van der Waals surface area contributed by atoms with Crippen LogP contribution >= 0.6 is 0 Å². The molecule has 3 aromatic rings. The maximum atomic E-state index is 12.1. The zero-order chi connectivity index (χ0) is 17.1. The first-order valence-corrected chi connectivity index (χ1v) is 8.68. The standard InChI is InChI=1S/C20H25N3O/c1-4-14(3)21-13-20(24)22-15-10-11-19-17(12-15)16-8-6-7-9-18(16)23(19)5-2/h6-12,14,21H,4-5,13H2,1-3H3,(H,22,24)/t14-/m0/s1. The summed E-state index contributed by atoms with van der Waals surface area (Å²) >= 11 is 0. The Morgan fingerprint density at radius 2 is 1.83 bits per heavy atom. The minimum atomic E-state index is -0.00567. The van der Waals surface area contributed by atoms with Crippen LogP contribution in [0.25, 0.3) is 21.8 Å². The number of rotatable bonds is 6. The summed E-state index contributed by atoms with van der Waals surface area (Å²) in [6.07, 6.45) is 1.01. The van der Waals surface area contributed by atoms with Crippen molar-refractivity contribution in [3.63, 3.8) is 0 Å². The molecular weight excluding hydrogens is 298 g/mol. The Hall–Kier alpha value is -2.33. The number of benzene rings is 2. The summed E-state index contributed by atoms with van der Waals surface area (Å²) in [6.45, 7) is 7.60. The molecule has 0 saturated heterocycles. The van der Waals surface area contributed by atoms with Gasteiger partial charge < -0.3 is 15.2 Å². The van der Waals surface area contributed by atoms with Crippen molar-refractivity contribution in [1.82, 2.24) is 9.88 Å². The molecule has 0 saturated carbocycles. The number of hydrogen-bond acceptors (Lipinski definition) is 2. The van der Waals surface area contributed by atoms with Crippen molar-refractivity contribution in [2.45, 2.75) is 39.8 Å². The lowest BCUT2D eigenvalue weighted by molar-refractivity contribution is -0.115. The molecule has 0 aliphatic rings. The average molecular weight is 323 g/mol. The van der Waals surface area contributed by atoms with Gasteiger partial charge in [-0.05, 0) is 44.5 Å². The van der Waals surface area contributed by atoms with Crippen LogP contribution in [0.15, 0.2) is 42.5 Å². The SMILES string of the molecule is CC[C@H](C)NCC(=O)Nc1ccc2c(c1)c1ccccc1n2CC. The largest absolute Gasteiger partial charge is 0.341 e. The highest BCUT2D eigenvalue weighted by molar-refractivity contribution is 6.09. The average Bonchev–Trinajstić information content (AvgIpc) is 2.92. The van der Waals surface area contributed by atoms with Gasteiger partial charge in [-0.25, -0.2) is 0 Å². The topological polar surface area (TPSA) is 46.1 Å². The molecule has 1 heterocycles. The lowest BCUT2D eigenvalue weighted by Crippen LogP contribution is -2.33. The van der Waals surface area contributed by atoms with Crippen LogP contribution in [-0.4, -0.2) is 23.1 Å². The molecule has 4 heteroatoms. The summed E-state index contributed by atoms with van der Waals surface area (Å²) in [7, 11) is 0. The molecule has 2 aromatic carbocycles. The van der Waals surface area contributed by atoms with Crippen LogP contribution in [0.1, 0.15) is 27.2 Å². The van der Waals surface area contributed by atoms with E-state index in [9.17, 15) is 4.79 Å². The van der Waals surface area contributed by atoms with E-state index < -0.39 is 0 Å². The van der Waals surface area contributed by atoms with Gasteiger partial charge in [0.15, 0.2) is 0 Å². The van der Waals surface area contributed by atoms with Gasteiger partial charge in [-0.1, -0.05) is 25.1 Å². The fourth-order valence-electron chi connectivity index (χ4n) is 3.09. The van der Waals surface area contributed by atoms with Gasteiger partial charge in [0.1, 0.15) is 0 Å². The van der Waals surface area contributed by atoms with E-state index in [1.165, 1.54) is 21.8 Å². The third-order valence-electron chi connectivity index (χ3n) is 4.60. The lowest BCUT2D eigenvalue weighted by atomic mass is 10.1. The van der Waals surface area contributed by atoms with Gasteiger partial charge in [0.25, 0.3) is 0 Å². The minimum Gasteiger partial charge on any atom is -0.341 e. The fraction of sp³-hybridized carbons (Fsp3) is 0.350. The van der Waals surface area contributed by atoms with E-state index in [2.05, 4.69) is 72.4 Å². The maximum absolute atomic E-state index is 12.1. The third-order valence-corrected chi connectivity index (χ3v) is 4.60. The quantitative estimate of drug-likeness (QED) is 0.716. The molecule has 0 fully saturated rings. The first-order chi connectivity index (χ1) is 11.6. The van der Waals surface area contributed by atoms with Crippen LogP contribution < -0.4 is 10.6 Å². The summed E-state index contributed by atoms with van der Waals surface area (Å²) in [5.74, 6) is -0.00567. The van der Waals surface area contributed by atoms with Crippen molar-refractivity contribution in [3.05, 3.63) is 42.5 Å². The summed E-state index contributed by atoms with van der Waals surface area (Å²) in [4.78, 5) is 12.1. The van der Waals surface area contributed by atoms with Gasteiger partial charge in [-0.3, -0.25) is 4.79 Å². The Balaban J connectivity index is 1.89. The zero-order valence-corrected chi connectivity index (χ0v) is 14.6. The van der Waals surface area contributed by atoms with Crippen LogP contribution in [-0.2, 0) is 11.3 Å². The molecule has 0 bridgehead atoms. The molecule has 1 atom stereocenters. The maximum Gasteiger partial charge on any atom is 0.238 e. The van der Waals surface area contributed by atoms with E-state index in [0.29, 0.717) is 12.6 Å². The molecule has 3 rings (SSSR count). The van der Waals surface area contributed by atoms with Gasteiger partial charge in [0, 0.05) is 40.1 Å². The second kappa shape index (κ2) is 7.05. The predicted molar refractivity (Wildman–Crippen MR) is 102 cm³/mol. The van der Waals surface area contributed by atoms with E-state index in [1.54, 1.807) is 0 Å². The van der Waals surface area contributed by atoms with Crippen molar-refractivity contribution in [1.29, 1.82) is 0 Å². The number of aryl methyl sites for hydroxylation is 1. The Kier molecular flexibility index (Phi) is 4.86. The van der Waals surface area contributed by atoms with Gasteiger partial charge in [-0.2, -0.15) is 0 Å². The zero-order valence-electron chi connectivity index (χ0n) is 14.6. The van der Waals surface area contributed by atoms with E-state index in [4.69, 9.17) is 0 Å². The number of aromatic nitrogens is 1. The molecule has 24 heavy (non-hydrogen) atoms. The number of hydrogen-bond donors (Lipinski definition) is 2. The van der Waals surface area contributed by atoms with Gasteiger partial charge in [-0.15, -0.1) is 0 Å². The number of nitrogens with one attached hydrogen (secondary N) is 2. The minimum absolute atomic E-state index is 0.00567. The summed E-state index contributed by atoms with van der Waals surface area (Å²) in [5.41, 5.74) is 3.28. The molecule has 0 aliphatic carbocycles. The van der Waals surface area contributed by atoms with Crippen LogP contribution in [0.3, 0.4) is 0 Å². The molecule has 1 aromatic heterocycles. The first-order valence-electron chi connectivity index (χ1n) is 8.68. The van der Waals surface area contributed by atoms with Crippen molar-refractivity contribution in [2.24, 2.45) is 0 Å². The second-order valence-electron chi connectivity index (χ2n) is 6.23. The van der Waals surface area contributed by atoms with Gasteiger partial charge in [0.2, 0.25) is 5.91 Å². The Labute approximate surface area is 142 Å². The smallest absolute Gasteiger partial charge is 0.238 e. The predicted octanol–water partition coefficient (Wildman–Crippen LogP) is 4.14. The number of amides is 1. The molecule has 126 valence electrons. The second-order valence-corrected chi connectivity index (χ2v) is 6.23. The molecule has 4 nitrogen and oxygen atoms in total. The van der Waals surface area contributed by atoms with Gasteiger partial charge in [0.05, 0.1) is 6.54 Å². The van der Waals surface area contributed by atoms with E-state index in [0.717, 1.165) is 18.7 Å². The number of fused-ring (bicyclic) bond motifs is 3. The number of carbonyl (C=O) groups excluding carboxylic acids is 1. The Bertz CT molecular complexity index is 866. The molecule has 0 aliphatic heterocycles. The van der Waals surface area contributed by atoms with E-state index in [-0.39, 0.29) is 5.91 Å². The molecule has 1 amide bonds. The molecule has 0 radical (unpaired) electrons. The first kappa shape index (κ1) is 16.5. The highest BCUT2D eigenvalue weighted by Crippen LogP contribution is 2.30. The normalized spacial score (nSPS) is 12.6. The van der Waals surface area contributed by atoms with Crippen LogP contribution in [0.4, 0.5) is 5.69 Å². The molecule has 2 N–H and O–H groups in total. The van der Waals surface area contributed by atoms with Crippen molar-refractivity contribution in [3.8, 4) is 0 Å². The van der Waals surface area contributed by atoms with Crippen LogP contribution in [0.5, 0.6) is 0 Å². The number of nitrogens with zero attached hydrogens (tertiary/aromatic N) is 1. The third kappa shape index (κ3) is 3.15. The monoisotopic (exact) mass is 323 g/mol. The Morgan fingerprint density at radius 1 is 1.08 bits per heavy atom. The summed E-state index contributed by atoms with van der Waals surface area (Å²) in [5, 5.41) is 8.62. The van der Waals surface area contributed by atoms with Crippen LogP contribution in [0, 0.1) is 0 Å². The highest BCUT2D eigenvalue weighted by Gasteiger charge is 2.11. The van der Waals surface area contributed by atoms with Crippen molar-refractivity contribution >= 4 is 33.4 Å². The Morgan fingerprint density at radius 3 is 2.58 bits per heavy atom. The van der Waals surface area contributed by atoms with Crippen LogP contribution in [0.2, 0.25) is 0 Å². The highest BCUT2D eigenvalue weighted by atomic mass is 16.1. The van der Waals surface area contributed by atoms with Gasteiger partial charge >= 0.3 is 0 Å². The fourth-order valence-corrected chi connectivity index (χ4v) is 3.09. The number of para-hydroxylation sites is 1. The summed E-state index contributed by atoms with van der Waals surface area (Å²) < 4.78 is 2.31. The van der Waals surface area contributed by atoms with Crippen molar-refractivity contribution < 1.29 is 4.79 Å². The summed E-state index contributed by atoms with van der Waals surface area (Å²) in [6, 6.07) is 14.9.